The number of fused-ring (bicyclic) bond motifs is 2. The van der Waals surface area contributed by atoms with Crippen molar-refractivity contribution in [2.24, 2.45) is 17.8 Å². The molecule has 2 aliphatic rings. The largest absolute Gasteiger partial charge is 0.468 e. The van der Waals surface area contributed by atoms with Crippen molar-refractivity contribution < 1.29 is 4.42 Å². The van der Waals surface area contributed by atoms with E-state index >= 15 is 0 Å². The van der Waals surface area contributed by atoms with Crippen LogP contribution in [-0.2, 0) is 0 Å². The Labute approximate surface area is 122 Å². The zero-order valence-electron chi connectivity index (χ0n) is 12.8. The zero-order chi connectivity index (χ0) is 14.1. The van der Waals surface area contributed by atoms with Crippen molar-refractivity contribution in [1.82, 2.24) is 10.2 Å². The SMILES string of the molecule is CC(NCC(c1ccco1)N(C)C)C1CC2C=CC1C2. The monoisotopic (exact) mass is 274 g/mol. The van der Waals surface area contributed by atoms with E-state index in [-0.39, 0.29) is 0 Å². The van der Waals surface area contributed by atoms with Crippen LogP contribution in [0.3, 0.4) is 0 Å². The lowest BCUT2D eigenvalue weighted by Crippen LogP contribution is -2.40. The minimum atomic E-state index is 0.307. The maximum absolute atomic E-state index is 5.57. The second kappa shape index (κ2) is 5.74. The van der Waals surface area contributed by atoms with Crippen molar-refractivity contribution in [2.45, 2.75) is 31.8 Å². The summed E-state index contributed by atoms with van der Waals surface area (Å²) in [5.41, 5.74) is 0. The molecular formula is C17H26N2O. The third kappa shape index (κ3) is 2.70. The molecule has 0 spiro atoms. The molecule has 1 aromatic rings. The molecule has 1 heterocycles. The Morgan fingerprint density at radius 3 is 2.75 bits per heavy atom. The fraction of sp³-hybridized carbons (Fsp3) is 0.647. The van der Waals surface area contributed by atoms with Gasteiger partial charge in [0.05, 0.1) is 12.3 Å². The Hall–Kier alpha value is -1.06. The van der Waals surface area contributed by atoms with Gasteiger partial charge in [-0.15, -0.1) is 0 Å². The molecule has 1 N–H and O–H groups in total. The van der Waals surface area contributed by atoms with E-state index in [9.17, 15) is 0 Å². The minimum Gasteiger partial charge on any atom is -0.468 e. The van der Waals surface area contributed by atoms with Gasteiger partial charge in [-0.2, -0.15) is 0 Å². The molecule has 0 aliphatic heterocycles. The molecule has 3 rings (SSSR count). The van der Waals surface area contributed by atoms with Gasteiger partial charge in [0.15, 0.2) is 0 Å². The van der Waals surface area contributed by atoms with E-state index in [1.807, 2.05) is 6.07 Å². The summed E-state index contributed by atoms with van der Waals surface area (Å²) in [4.78, 5) is 2.22. The minimum absolute atomic E-state index is 0.307. The van der Waals surface area contributed by atoms with Gasteiger partial charge in [-0.1, -0.05) is 12.2 Å². The number of hydrogen-bond donors (Lipinski definition) is 1. The molecular weight excluding hydrogens is 248 g/mol. The summed E-state index contributed by atoms with van der Waals surface area (Å²) in [5.74, 6) is 3.51. The van der Waals surface area contributed by atoms with Crippen LogP contribution in [-0.4, -0.2) is 31.6 Å². The van der Waals surface area contributed by atoms with Gasteiger partial charge >= 0.3 is 0 Å². The van der Waals surface area contributed by atoms with Gasteiger partial charge in [-0.3, -0.25) is 4.90 Å². The highest BCUT2D eigenvalue weighted by Gasteiger charge is 2.38. The maximum Gasteiger partial charge on any atom is 0.122 e. The van der Waals surface area contributed by atoms with Gasteiger partial charge in [0.1, 0.15) is 5.76 Å². The molecule has 2 bridgehead atoms. The topological polar surface area (TPSA) is 28.4 Å². The quantitative estimate of drug-likeness (QED) is 0.808. The summed E-state index contributed by atoms with van der Waals surface area (Å²) in [6, 6.07) is 4.92. The van der Waals surface area contributed by atoms with Crippen molar-refractivity contribution in [3.8, 4) is 0 Å². The van der Waals surface area contributed by atoms with Crippen molar-refractivity contribution in [1.29, 1.82) is 0 Å². The fourth-order valence-electron chi connectivity index (χ4n) is 3.87. The lowest BCUT2D eigenvalue weighted by atomic mass is 9.87. The first kappa shape index (κ1) is 13.9. The number of nitrogens with zero attached hydrogens (tertiary/aromatic N) is 1. The summed E-state index contributed by atoms with van der Waals surface area (Å²) < 4.78 is 5.57. The van der Waals surface area contributed by atoms with Crippen molar-refractivity contribution in [3.63, 3.8) is 0 Å². The smallest absolute Gasteiger partial charge is 0.122 e. The van der Waals surface area contributed by atoms with Gasteiger partial charge in [0.25, 0.3) is 0 Å². The molecule has 1 fully saturated rings. The highest BCUT2D eigenvalue weighted by atomic mass is 16.3. The van der Waals surface area contributed by atoms with E-state index in [2.05, 4.69) is 49.5 Å². The molecule has 0 radical (unpaired) electrons. The molecule has 0 aromatic carbocycles. The van der Waals surface area contributed by atoms with Gasteiger partial charge in [0.2, 0.25) is 0 Å². The molecule has 5 atom stereocenters. The first-order valence-corrected chi connectivity index (χ1v) is 7.76. The molecule has 3 heteroatoms. The number of hydrogen-bond acceptors (Lipinski definition) is 3. The predicted octanol–water partition coefficient (Wildman–Crippen LogP) is 3.07. The Morgan fingerprint density at radius 2 is 2.20 bits per heavy atom. The third-order valence-electron chi connectivity index (χ3n) is 5.10. The predicted molar refractivity (Wildman–Crippen MR) is 81.4 cm³/mol. The first-order valence-electron chi connectivity index (χ1n) is 7.76. The third-order valence-corrected chi connectivity index (χ3v) is 5.10. The normalized spacial score (nSPS) is 31.1. The number of nitrogens with one attached hydrogen (secondary N) is 1. The molecule has 0 saturated heterocycles. The zero-order valence-corrected chi connectivity index (χ0v) is 12.8. The number of likely N-dealkylation sites (N-methyl/N-ethyl adjacent to an activating group) is 1. The van der Waals surface area contributed by atoms with Crippen LogP contribution >= 0.6 is 0 Å². The van der Waals surface area contributed by atoms with Crippen LogP contribution < -0.4 is 5.32 Å². The molecule has 0 amide bonds. The summed E-state index contributed by atoms with van der Waals surface area (Å²) >= 11 is 0. The summed E-state index contributed by atoms with van der Waals surface area (Å²) in [5, 5.41) is 3.74. The van der Waals surface area contributed by atoms with Gasteiger partial charge < -0.3 is 9.73 Å². The highest BCUT2D eigenvalue weighted by molar-refractivity contribution is 5.12. The summed E-state index contributed by atoms with van der Waals surface area (Å²) in [6.45, 7) is 3.29. The van der Waals surface area contributed by atoms with Crippen LogP contribution in [0.15, 0.2) is 35.0 Å². The van der Waals surface area contributed by atoms with Crippen LogP contribution in [0, 0.1) is 17.8 Å². The Bertz CT molecular complexity index is 452. The van der Waals surface area contributed by atoms with E-state index in [1.165, 1.54) is 12.8 Å². The molecule has 3 nitrogen and oxygen atoms in total. The Kier molecular flexibility index (Phi) is 3.99. The Morgan fingerprint density at radius 1 is 1.35 bits per heavy atom. The second-order valence-electron chi connectivity index (χ2n) is 6.64. The average Bonchev–Trinajstić information content (AvgIpc) is 3.15. The molecule has 1 aromatic heterocycles. The highest BCUT2D eigenvalue weighted by Crippen LogP contribution is 2.44. The Balaban J connectivity index is 1.56. The molecule has 110 valence electrons. The van der Waals surface area contributed by atoms with E-state index in [0.29, 0.717) is 12.1 Å². The van der Waals surface area contributed by atoms with Crippen LogP contribution in [0.25, 0.3) is 0 Å². The number of furan rings is 1. The number of allylic oxidation sites excluding steroid dienone is 2. The lowest BCUT2D eigenvalue weighted by Gasteiger charge is -2.29. The van der Waals surface area contributed by atoms with Crippen molar-refractivity contribution >= 4 is 0 Å². The second-order valence-corrected chi connectivity index (χ2v) is 6.64. The van der Waals surface area contributed by atoms with Crippen molar-refractivity contribution in [3.05, 3.63) is 36.3 Å². The standard InChI is InChI=1S/C17H26N2O/c1-12(15-10-13-6-7-14(15)9-13)18-11-16(19(2)3)17-5-4-8-20-17/h4-8,12-16,18H,9-11H2,1-3H3. The van der Waals surface area contributed by atoms with Crippen LogP contribution in [0.1, 0.15) is 31.6 Å². The summed E-state index contributed by atoms with van der Waals surface area (Å²) in [6.07, 6.45) is 9.36. The molecule has 20 heavy (non-hydrogen) atoms. The average molecular weight is 274 g/mol. The van der Waals surface area contributed by atoms with Crippen LogP contribution in [0.2, 0.25) is 0 Å². The molecule has 2 aliphatic carbocycles. The number of rotatable bonds is 6. The summed E-state index contributed by atoms with van der Waals surface area (Å²) in [7, 11) is 4.22. The van der Waals surface area contributed by atoms with E-state index in [4.69, 9.17) is 4.42 Å². The van der Waals surface area contributed by atoms with Crippen molar-refractivity contribution in [2.75, 3.05) is 20.6 Å². The molecule has 5 unspecified atom stereocenters. The van der Waals surface area contributed by atoms with E-state index < -0.39 is 0 Å². The maximum atomic E-state index is 5.57. The fourth-order valence-corrected chi connectivity index (χ4v) is 3.87. The first-order chi connectivity index (χ1) is 9.65. The van der Waals surface area contributed by atoms with Gasteiger partial charge in [-0.05, 0) is 63.7 Å². The van der Waals surface area contributed by atoms with E-state index in [1.54, 1.807) is 6.26 Å². The lowest BCUT2D eigenvalue weighted by molar-refractivity contribution is 0.229. The van der Waals surface area contributed by atoms with Gasteiger partial charge in [0, 0.05) is 12.6 Å². The van der Waals surface area contributed by atoms with Crippen LogP contribution in [0.4, 0.5) is 0 Å². The van der Waals surface area contributed by atoms with E-state index in [0.717, 1.165) is 30.1 Å². The van der Waals surface area contributed by atoms with Crippen LogP contribution in [0.5, 0.6) is 0 Å². The molecule has 1 saturated carbocycles. The van der Waals surface area contributed by atoms with Gasteiger partial charge in [-0.25, -0.2) is 0 Å².